The fourth-order valence-electron chi connectivity index (χ4n) is 4.52. The summed E-state index contributed by atoms with van der Waals surface area (Å²) in [7, 11) is 1.69. The Hall–Kier alpha value is -2.99. The molecule has 3 heterocycles. The van der Waals surface area contributed by atoms with Crippen molar-refractivity contribution in [1.82, 2.24) is 15.2 Å². The van der Waals surface area contributed by atoms with Crippen LogP contribution >= 0.6 is 11.3 Å². The average molecular weight is 434 g/mol. The largest absolute Gasteiger partial charge is 0.359 e. The van der Waals surface area contributed by atoms with E-state index in [1.807, 2.05) is 35.2 Å². The zero-order chi connectivity index (χ0) is 21.7. The predicted octanol–water partition coefficient (Wildman–Crippen LogP) is 3.95. The highest BCUT2D eigenvalue weighted by Gasteiger charge is 2.43. The SMILES string of the molecule is CNC(=O)C1(Cc2ccccc2-c2cccs2)CCCN(C(=O)Cc2cccnc2)C1. The average Bonchev–Trinajstić information content (AvgIpc) is 3.34. The first-order valence-corrected chi connectivity index (χ1v) is 11.5. The number of hydrogen-bond acceptors (Lipinski definition) is 4. The Morgan fingerprint density at radius 3 is 2.77 bits per heavy atom. The number of nitrogens with one attached hydrogen (secondary N) is 1. The number of likely N-dealkylation sites (tertiary alicyclic amines) is 1. The number of amides is 2. The van der Waals surface area contributed by atoms with E-state index in [0.717, 1.165) is 24.0 Å². The van der Waals surface area contributed by atoms with E-state index in [0.29, 0.717) is 25.9 Å². The minimum Gasteiger partial charge on any atom is -0.359 e. The quantitative estimate of drug-likeness (QED) is 0.640. The minimum absolute atomic E-state index is 0.00682. The summed E-state index contributed by atoms with van der Waals surface area (Å²) in [5.74, 6) is 0.0554. The van der Waals surface area contributed by atoms with Gasteiger partial charge in [-0.25, -0.2) is 0 Å². The van der Waals surface area contributed by atoms with Gasteiger partial charge in [0.15, 0.2) is 0 Å². The zero-order valence-electron chi connectivity index (χ0n) is 17.7. The molecule has 160 valence electrons. The molecule has 1 fully saturated rings. The lowest BCUT2D eigenvalue weighted by Gasteiger charge is -2.42. The van der Waals surface area contributed by atoms with Gasteiger partial charge in [-0.05, 0) is 53.5 Å². The summed E-state index contributed by atoms with van der Waals surface area (Å²) >= 11 is 1.70. The first-order valence-electron chi connectivity index (χ1n) is 10.6. The monoisotopic (exact) mass is 433 g/mol. The molecule has 1 aromatic carbocycles. The predicted molar refractivity (Wildman–Crippen MR) is 124 cm³/mol. The molecule has 1 aliphatic heterocycles. The first-order chi connectivity index (χ1) is 15.1. The second-order valence-corrected chi connectivity index (χ2v) is 9.08. The number of piperidine rings is 1. The molecule has 3 aromatic rings. The van der Waals surface area contributed by atoms with Crippen molar-refractivity contribution in [1.29, 1.82) is 0 Å². The van der Waals surface area contributed by atoms with Crippen LogP contribution in [0.5, 0.6) is 0 Å². The number of rotatable bonds is 6. The lowest BCUT2D eigenvalue weighted by atomic mass is 9.73. The van der Waals surface area contributed by atoms with E-state index in [-0.39, 0.29) is 11.8 Å². The number of aromatic nitrogens is 1. The molecule has 1 aliphatic rings. The maximum absolute atomic E-state index is 13.2. The van der Waals surface area contributed by atoms with E-state index in [4.69, 9.17) is 0 Å². The van der Waals surface area contributed by atoms with Gasteiger partial charge in [-0.15, -0.1) is 11.3 Å². The number of benzene rings is 1. The summed E-state index contributed by atoms with van der Waals surface area (Å²) in [6.45, 7) is 1.12. The van der Waals surface area contributed by atoms with Crippen molar-refractivity contribution in [2.24, 2.45) is 5.41 Å². The van der Waals surface area contributed by atoms with Crippen LogP contribution in [0.1, 0.15) is 24.0 Å². The van der Waals surface area contributed by atoms with E-state index < -0.39 is 5.41 Å². The van der Waals surface area contributed by atoms with E-state index in [1.165, 1.54) is 10.4 Å². The highest BCUT2D eigenvalue weighted by molar-refractivity contribution is 7.13. The van der Waals surface area contributed by atoms with Crippen LogP contribution in [0, 0.1) is 5.41 Å². The van der Waals surface area contributed by atoms with Gasteiger partial charge in [-0.2, -0.15) is 0 Å². The van der Waals surface area contributed by atoms with Gasteiger partial charge >= 0.3 is 0 Å². The standard InChI is InChI=1S/C25H27N3O2S/c1-26-24(30)25(16-20-8-2-3-9-21(20)22-10-5-14-31-22)11-6-13-28(18-25)23(29)15-19-7-4-12-27-17-19/h2-5,7-10,12,14,17H,6,11,13,15-16,18H2,1H3,(H,26,30). The lowest BCUT2D eigenvalue weighted by molar-refractivity contribution is -0.141. The highest BCUT2D eigenvalue weighted by Crippen LogP contribution is 2.38. The molecule has 0 radical (unpaired) electrons. The normalized spacial score (nSPS) is 18.5. The third-order valence-corrected chi connectivity index (χ3v) is 6.95. The smallest absolute Gasteiger partial charge is 0.228 e. The number of carbonyl (C=O) groups excluding carboxylic acids is 2. The second kappa shape index (κ2) is 9.43. The van der Waals surface area contributed by atoms with Gasteiger partial charge in [-0.3, -0.25) is 14.6 Å². The Morgan fingerprint density at radius 1 is 1.16 bits per heavy atom. The highest BCUT2D eigenvalue weighted by atomic mass is 32.1. The van der Waals surface area contributed by atoms with Crippen LogP contribution in [0.3, 0.4) is 0 Å². The molecule has 0 aliphatic carbocycles. The summed E-state index contributed by atoms with van der Waals surface area (Å²) in [6, 6.07) is 16.2. The number of pyridine rings is 1. The molecule has 1 N–H and O–H groups in total. The molecule has 0 spiro atoms. The van der Waals surface area contributed by atoms with E-state index in [9.17, 15) is 9.59 Å². The number of carbonyl (C=O) groups is 2. The van der Waals surface area contributed by atoms with Crippen molar-refractivity contribution in [2.75, 3.05) is 20.1 Å². The van der Waals surface area contributed by atoms with E-state index in [1.54, 1.807) is 30.8 Å². The van der Waals surface area contributed by atoms with Crippen LogP contribution in [-0.4, -0.2) is 41.8 Å². The zero-order valence-corrected chi connectivity index (χ0v) is 18.5. The third-order valence-electron chi connectivity index (χ3n) is 6.05. The Labute approximate surface area is 187 Å². The maximum atomic E-state index is 13.2. The second-order valence-electron chi connectivity index (χ2n) is 8.13. The maximum Gasteiger partial charge on any atom is 0.228 e. The van der Waals surface area contributed by atoms with Crippen LogP contribution in [0.15, 0.2) is 66.3 Å². The van der Waals surface area contributed by atoms with Crippen molar-refractivity contribution in [3.8, 4) is 10.4 Å². The third kappa shape index (κ3) is 4.69. The number of nitrogens with zero attached hydrogens (tertiary/aromatic N) is 2. The molecular weight excluding hydrogens is 406 g/mol. The van der Waals surface area contributed by atoms with Crippen LogP contribution in [0.2, 0.25) is 0 Å². The van der Waals surface area contributed by atoms with Crippen molar-refractivity contribution in [3.05, 3.63) is 77.4 Å². The van der Waals surface area contributed by atoms with Gasteiger partial charge in [-0.1, -0.05) is 36.4 Å². The molecule has 1 unspecified atom stereocenters. The van der Waals surface area contributed by atoms with Crippen molar-refractivity contribution >= 4 is 23.2 Å². The molecule has 5 nitrogen and oxygen atoms in total. The van der Waals surface area contributed by atoms with Gasteiger partial charge in [0.2, 0.25) is 11.8 Å². The Kier molecular flexibility index (Phi) is 6.47. The van der Waals surface area contributed by atoms with Crippen LogP contribution in [0.4, 0.5) is 0 Å². The van der Waals surface area contributed by atoms with E-state index in [2.05, 4.69) is 33.9 Å². The Morgan fingerprint density at radius 2 is 2.03 bits per heavy atom. The van der Waals surface area contributed by atoms with Gasteiger partial charge in [0.25, 0.3) is 0 Å². The van der Waals surface area contributed by atoms with Crippen LogP contribution < -0.4 is 5.32 Å². The molecule has 2 amide bonds. The minimum atomic E-state index is -0.634. The summed E-state index contributed by atoms with van der Waals surface area (Å²) in [4.78, 5) is 33.4. The van der Waals surface area contributed by atoms with Crippen LogP contribution in [0.25, 0.3) is 10.4 Å². The molecule has 0 saturated carbocycles. The van der Waals surface area contributed by atoms with Crippen molar-refractivity contribution in [2.45, 2.75) is 25.7 Å². The fraction of sp³-hybridized carbons (Fsp3) is 0.320. The summed E-state index contributed by atoms with van der Waals surface area (Å²) < 4.78 is 0. The van der Waals surface area contributed by atoms with Crippen molar-refractivity contribution in [3.63, 3.8) is 0 Å². The Balaban J connectivity index is 1.60. The summed E-state index contributed by atoms with van der Waals surface area (Å²) in [5.41, 5.74) is 2.58. The molecule has 1 saturated heterocycles. The number of hydrogen-bond donors (Lipinski definition) is 1. The molecule has 1 atom stereocenters. The van der Waals surface area contributed by atoms with Crippen LogP contribution in [-0.2, 0) is 22.4 Å². The molecule has 31 heavy (non-hydrogen) atoms. The molecule has 0 bridgehead atoms. The number of thiophene rings is 1. The summed E-state index contributed by atoms with van der Waals surface area (Å²) in [6.07, 6.45) is 5.93. The lowest BCUT2D eigenvalue weighted by Crippen LogP contribution is -2.54. The van der Waals surface area contributed by atoms with Gasteiger partial charge in [0.1, 0.15) is 0 Å². The molecule has 2 aromatic heterocycles. The molecule has 6 heteroatoms. The van der Waals surface area contributed by atoms with Gasteiger partial charge in [0.05, 0.1) is 11.8 Å². The Bertz CT molecular complexity index is 1040. The van der Waals surface area contributed by atoms with Gasteiger partial charge in [0, 0.05) is 37.4 Å². The first kappa shape index (κ1) is 21.2. The topological polar surface area (TPSA) is 62.3 Å². The van der Waals surface area contributed by atoms with Crippen molar-refractivity contribution < 1.29 is 9.59 Å². The fourth-order valence-corrected chi connectivity index (χ4v) is 5.31. The molecule has 4 rings (SSSR count). The molecular formula is C25H27N3O2S. The summed E-state index contributed by atoms with van der Waals surface area (Å²) in [5, 5.41) is 4.94. The van der Waals surface area contributed by atoms with E-state index >= 15 is 0 Å². The van der Waals surface area contributed by atoms with Gasteiger partial charge < -0.3 is 10.2 Å².